The molecule has 0 aliphatic carbocycles. The molecule has 0 bridgehead atoms. The van der Waals surface area contributed by atoms with Gasteiger partial charge in [-0.05, 0) is 29.3 Å². The van der Waals surface area contributed by atoms with Gasteiger partial charge in [-0.2, -0.15) is 0 Å². The van der Waals surface area contributed by atoms with Gasteiger partial charge in [0.05, 0.1) is 18.8 Å². The van der Waals surface area contributed by atoms with Gasteiger partial charge >= 0.3 is 0 Å². The van der Waals surface area contributed by atoms with Gasteiger partial charge in [-0.25, -0.2) is 31.9 Å². The van der Waals surface area contributed by atoms with Gasteiger partial charge in [0.25, 0.3) is 5.91 Å². The predicted octanol–water partition coefficient (Wildman–Crippen LogP) is 6.25. The second-order valence-corrected chi connectivity index (χ2v) is 10.2. The van der Waals surface area contributed by atoms with Gasteiger partial charge in [0.1, 0.15) is 5.56 Å². The second-order valence-electron chi connectivity index (χ2n) is 9.22. The number of nitrogens with one attached hydrogen (secondary N) is 1. The number of halogens is 5. The van der Waals surface area contributed by atoms with Crippen molar-refractivity contribution in [3.8, 4) is 0 Å². The number of nitrogens with zero attached hydrogens (tertiary/aromatic N) is 2. The molecule has 7 nitrogen and oxygen atoms in total. The van der Waals surface area contributed by atoms with E-state index in [1.165, 1.54) is 30.0 Å². The van der Waals surface area contributed by atoms with Crippen molar-refractivity contribution >= 4 is 23.4 Å². The molecule has 13 heteroatoms. The Morgan fingerprint density at radius 2 is 1.55 bits per heavy atom. The summed E-state index contributed by atoms with van der Waals surface area (Å²) in [5, 5.41) is 12.1. The lowest BCUT2D eigenvalue weighted by Gasteiger charge is -2.36. The summed E-state index contributed by atoms with van der Waals surface area (Å²) in [5.41, 5.74) is 0.392. The number of ether oxygens (including phenoxy) is 2. The van der Waals surface area contributed by atoms with Crippen LogP contribution >= 0.6 is 11.8 Å². The lowest BCUT2D eigenvalue weighted by atomic mass is 10.0. The van der Waals surface area contributed by atoms with Crippen LogP contribution < -0.4 is 5.32 Å². The average Bonchev–Trinajstić information content (AvgIpc) is 3.02. The number of rotatable bonds is 8. The molecular weight excluding hydrogens is 581 g/mol. The summed E-state index contributed by atoms with van der Waals surface area (Å²) < 4.78 is 81.5. The van der Waals surface area contributed by atoms with Gasteiger partial charge in [0, 0.05) is 35.8 Å². The fraction of sp³-hybridized carbons (Fsp3) is 0.207. The van der Waals surface area contributed by atoms with Crippen LogP contribution in [0.1, 0.15) is 45.9 Å². The quantitative estimate of drug-likeness (QED) is 0.0808. The Balaban J connectivity index is 1.38. The average molecular weight is 604 g/mol. The smallest absolute Gasteiger partial charge is 0.261 e. The Labute approximate surface area is 240 Å². The maximum Gasteiger partial charge on any atom is 0.261 e. The van der Waals surface area contributed by atoms with Crippen molar-refractivity contribution in [3.05, 3.63) is 118 Å². The molecule has 3 aromatic carbocycles. The van der Waals surface area contributed by atoms with E-state index in [1.54, 1.807) is 36.7 Å². The maximum absolute atomic E-state index is 14.2. The first-order chi connectivity index (χ1) is 20.2. The Kier molecular flexibility index (Phi) is 9.12. The third-order valence-corrected chi connectivity index (χ3v) is 7.42. The molecule has 1 fully saturated rings. The molecule has 0 saturated carbocycles. The Bertz CT molecular complexity index is 1550. The topological polar surface area (TPSA) is 93.6 Å². The first kappa shape index (κ1) is 29.6. The zero-order valence-corrected chi connectivity index (χ0v) is 22.4. The molecular formula is C29H22F5N3O4S. The minimum atomic E-state index is -2.36. The number of hydrogen-bond acceptors (Lipinski definition) is 7. The van der Waals surface area contributed by atoms with Crippen LogP contribution in [0.4, 0.5) is 27.6 Å². The third kappa shape index (κ3) is 6.44. The van der Waals surface area contributed by atoms with E-state index in [0.29, 0.717) is 22.9 Å². The lowest BCUT2D eigenvalue weighted by Crippen LogP contribution is -2.31. The largest absolute Gasteiger partial charge is 0.392 e. The number of amides is 1. The molecule has 5 rings (SSSR count). The standard InChI is InChI=1S/C29H22F5N3O4S/c30-22-21(23(31)25(33)26(34)24(22)32)27(39)37-18-4-1-3-17(11-18)28-40-19(14-42-29-35-9-2-10-36-29)12-20(41-28)16-7-5-15(13-38)6-8-16/h1-11,19-20,28,38H,12-14H2,(H,37,39)/t19-,20+,28+/m1/s1. The molecule has 1 aliphatic heterocycles. The molecule has 0 spiro atoms. The predicted molar refractivity (Wildman–Crippen MR) is 142 cm³/mol. The summed E-state index contributed by atoms with van der Waals surface area (Å²) in [5.74, 6) is -12.3. The van der Waals surface area contributed by atoms with E-state index in [4.69, 9.17) is 9.47 Å². The van der Waals surface area contributed by atoms with Crippen LogP contribution in [0, 0.1) is 29.1 Å². The Morgan fingerprint density at radius 1 is 0.881 bits per heavy atom. The summed E-state index contributed by atoms with van der Waals surface area (Å²) in [4.78, 5) is 21.0. The van der Waals surface area contributed by atoms with Crippen LogP contribution in [0.5, 0.6) is 0 Å². The van der Waals surface area contributed by atoms with Crippen LogP contribution in [0.2, 0.25) is 0 Å². The van der Waals surface area contributed by atoms with Gasteiger partial charge in [-0.3, -0.25) is 4.79 Å². The number of anilines is 1. The summed E-state index contributed by atoms with van der Waals surface area (Å²) in [7, 11) is 0. The highest BCUT2D eigenvalue weighted by molar-refractivity contribution is 7.99. The molecule has 0 radical (unpaired) electrons. The van der Waals surface area contributed by atoms with E-state index in [2.05, 4.69) is 15.3 Å². The van der Waals surface area contributed by atoms with Crippen molar-refractivity contribution in [2.45, 2.75) is 36.7 Å². The van der Waals surface area contributed by atoms with Crippen LogP contribution in [-0.4, -0.2) is 32.8 Å². The Hall–Kier alpha value is -3.91. The van der Waals surface area contributed by atoms with Crippen LogP contribution in [-0.2, 0) is 16.1 Å². The number of aliphatic hydroxyl groups is 1. The minimum absolute atomic E-state index is 0.00618. The maximum atomic E-state index is 14.2. The summed E-state index contributed by atoms with van der Waals surface area (Å²) in [6, 6.07) is 14.9. The highest BCUT2D eigenvalue weighted by Gasteiger charge is 2.33. The second kappa shape index (κ2) is 12.9. The highest BCUT2D eigenvalue weighted by atomic mass is 32.2. The highest BCUT2D eigenvalue weighted by Crippen LogP contribution is 2.39. The summed E-state index contributed by atoms with van der Waals surface area (Å²) >= 11 is 1.39. The number of hydrogen-bond donors (Lipinski definition) is 2. The van der Waals surface area contributed by atoms with Crippen molar-refractivity contribution in [3.63, 3.8) is 0 Å². The minimum Gasteiger partial charge on any atom is -0.392 e. The number of carbonyl (C=O) groups is 1. The van der Waals surface area contributed by atoms with E-state index < -0.39 is 53.0 Å². The van der Waals surface area contributed by atoms with Crippen molar-refractivity contribution in [2.75, 3.05) is 11.1 Å². The molecule has 4 aromatic rings. The molecule has 218 valence electrons. The fourth-order valence-electron chi connectivity index (χ4n) is 4.31. The molecule has 42 heavy (non-hydrogen) atoms. The van der Waals surface area contributed by atoms with Crippen molar-refractivity contribution in [1.82, 2.24) is 9.97 Å². The van der Waals surface area contributed by atoms with E-state index >= 15 is 0 Å². The van der Waals surface area contributed by atoms with E-state index in [-0.39, 0.29) is 18.4 Å². The number of benzene rings is 3. The van der Waals surface area contributed by atoms with Gasteiger partial charge in [0.15, 0.2) is 34.7 Å². The molecule has 1 aromatic heterocycles. The fourth-order valence-corrected chi connectivity index (χ4v) is 5.13. The number of thioether (sulfide) groups is 1. The number of aromatic nitrogens is 2. The zero-order chi connectivity index (χ0) is 29.8. The van der Waals surface area contributed by atoms with Crippen molar-refractivity contribution in [1.29, 1.82) is 0 Å². The SMILES string of the molecule is O=C(Nc1cccc([C@H]2O[C@@H](CSc3ncccn3)C[C@@H](c3ccc(CO)cc3)O2)c1)c1c(F)c(F)c(F)c(F)c1F. The van der Waals surface area contributed by atoms with Gasteiger partial charge in [0.2, 0.25) is 5.82 Å². The van der Waals surface area contributed by atoms with Crippen LogP contribution in [0.15, 0.2) is 72.1 Å². The molecule has 0 unspecified atom stereocenters. The molecule has 2 heterocycles. The Morgan fingerprint density at radius 3 is 2.21 bits per heavy atom. The molecule has 3 atom stereocenters. The van der Waals surface area contributed by atoms with E-state index in [9.17, 15) is 31.9 Å². The van der Waals surface area contributed by atoms with Gasteiger partial charge in [-0.1, -0.05) is 48.2 Å². The first-order valence-electron chi connectivity index (χ1n) is 12.6. The van der Waals surface area contributed by atoms with E-state index in [0.717, 1.165) is 11.1 Å². The number of carbonyl (C=O) groups excluding carboxylic acids is 1. The van der Waals surface area contributed by atoms with Crippen molar-refractivity contribution < 1.29 is 41.3 Å². The zero-order valence-electron chi connectivity index (χ0n) is 21.6. The molecule has 1 saturated heterocycles. The summed E-state index contributed by atoms with van der Waals surface area (Å²) in [6.07, 6.45) is 2.01. The summed E-state index contributed by atoms with van der Waals surface area (Å²) in [6.45, 7) is -0.114. The molecule has 1 aliphatic rings. The molecule has 1 amide bonds. The monoisotopic (exact) mass is 603 g/mol. The van der Waals surface area contributed by atoms with Gasteiger partial charge in [-0.15, -0.1) is 0 Å². The number of aliphatic hydroxyl groups excluding tert-OH is 1. The van der Waals surface area contributed by atoms with Crippen molar-refractivity contribution in [2.24, 2.45) is 0 Å². The normalized spacial score (nSPS) is 18.6. The third-order valence-electron chi connectivity index (χ3n) is 6.41. The van der Waals surface area contributed by atoms with Crippen LogP contribution in [0.25, 0.3) is 0 Å². The molecule has 2 N–H and O–H groups in total. The van der Waals surface area contributed by atoms with E-state index in [1.807, 2.05) is 12.1 Å². The lowest BCUT2D eigenvalue weighted by molar-refractivity contribution is -0.245. The first-order valence-corrected chi connectivity index (χ1v) is 13.6. The van der Waals surface area contributed by atoms with Crippen LogP contribution in [0.3, 0.4) is 0 Å². The van der Waals surface area contributed by atoms with Gasteiger partial charge < -0.3 is 19.9 Å².